The SMILES string of the molecule is [2H]C(C)(C)c1cc(-c2[c-]cccc2)nc[c]1[Ge]([CH3])([CH3])[CH3].[Ir].[c-]1ccc2c(oc3ccccc32)c1-c1nc2ccccc2n1-c1ccc(-c2ccccc2)cc1-c1ccccc1. The molecule has 0 bridgehead atoms. The van der Waals surface area contributed by atoms with Crippen molar-refractivity contribution in [3.8, 4) is 50.6 Å². The topological polar surface area (TPSA) is 43.9 Å². The second-order valence-electron chi connectivity index (χ2n) is 16.1. The fraction of sp³-hybridized carbons (Fsp3) is 0.111. The van der Waals surface area contributed by atoms with Crippen molar-refractivity contribution in [1.29, 1.82) is 0 Å². The molecule has 0 aliphatic rings. The van der Waals surface area contributed by atoms with Crippen LogP contribution in [0.3, 0.4) is 0 Å². The van der Waals surface area contributed by atoms with Crippen molar-refractivity contribution in [2.45, 2.75) is 37.0 Å². The van der Waals surface area contributed by atoms with E-state index in [0.29, 0.717) is 0 Å². The number of pyridine rings is 1. The smallest absolute Gasteiger partial charge is 0.120 e. The van der Waals surface area contributed by atoms with Crippen LogP contribution in [-0.4, -0.2) is 27.8 Å². The van der Waals surface area contributed by atoms with Gasteiger partial charge in [0.2, 0.25) is 0 Å². The van der Waals surface area contributed by atoms with Crippen LogP contribution in [-0.2, 0) is 20.1 Å². The third-order valence-corrected chi connectivity index (χ3v) is 15.0. The van der Waals surface area contributed by atoms with E-state index in [4.69, 9.17) is 10.8 Å². The normalized spacial score (nSPS) is 11.8. The Labute approximate surface area is 370 Å². The molecule has 10 aromatic rings. The standard InChI is InChI=1S/C37H23N2O.C17H22GeN.Ir/c1-3-12-25(13-4-1)27-22-23-33(31(24-27)26-14-5-2-6-15-26)39-34-20-9-8-19-32(34)38-37(39)30-18-11-17-29-28-16-7-10-21-35(28)40-36(29)30;1-13(2)15-11-17(14-9-7-6-8-10-14)19-12-16(15)18(3,4)5;/h1-17,19-24H;6-9,11-13H,1-5H3;/q2*-1;/i;13D;. The minimum Gasteiger partial charge on any atom is -0.501 e. The Balaban J connectivity index is 0.000000208. The number of aromatic nitrogens is 3. The van der Waals surface area contributed by atoms with Crippen LogP contribution in [0.5, 0.6) is 0 Å². The first kappa shape index (κ1) is 39.6. The van der Waals surface area contributed by atoms with Crippen LogP contribution in [0.25, 0.3) is 83.6 Å². The van der Waals surface area contributed by atoms with E-state index in [1.807, 2.05) is 74.6 Å². The van der Waals surface area contributed by atoms with Crippen LogP contribution in [0.4, 0.5) is 0 Å². The first-order chi connectivity index (χ1) is 29.0. The number of hydrogen-bond acceptors (Lipinski definition) is 3. The van der Waals surface area contributed by atoms with E-state index in [1.54, 1.807) is 0 Å². The quantitative estimate of drug-likeness (QED) is 0.118. The minimum absolute atomic E-state index is 0. The summed E-state index contributed by atoms with van der Waals surface area (Å²) in [6.07, 6.45) is 2.00. The summed E-state index contributed by atoms with van der Waals surface area (Å²) in [4.78, 5) is 9.79. The van der Waals surface area contributed by atoms with Crippen LogP contribution in [0.15, 0.2) is 180 Å². The number of para-hydroxylation sites is 3. The van der Waals surface area contributed by atoms with Gasteiger partial charge in [-0.15, -0.1) is 18.2 Å². The molecule has 3 aromatic heterocycles. The van der Waals surface area contributed by atoms with Gasteiger partial charge >= 0.3 is 120 Å². The van der Waals surface area contributed by atoms with E-state index in [0.717, 1.165) is 78.0 Å². The van der Waals surface area contributed by atoms with Gasteiger partial charge in [0.05, 0.1) is 22.4 Å². The largest absolute Gasteiger partial charge is 0.501 e. The van der Waals surface area contributed by atoms with Crippen molar-refractivity contribution in [2.75, 3.05) is 0 Å². The van der Waals surface area contributed by atoms with Crippen molar-refractivity contribution in [3.63, 3.8) is 0 Å². The second-order valence-corrected chi connectivity index (χ2v) is 26.6. The third-order valence-electron chi connectivity index (χ3n) is 10.8. The summed E-state index contributed by atoms with van der Waals surface area (Å²) >= 11 is -2.03. The summed E-state index contributed by atoms with van der Waals surface area (Å²) in [5.74, 6) is 7.25. The Morgan fingerprint density at radius 2 is 1.37 bits per heavy atom. The molecule has 0 saturated heterocycles. The maximum absolute atomic E-state index is 8.44. The van der Waals surface area contributed by atoms with Crippen molar-refractivity contribution in [3.05, 3.63) is 194 Å². The maximum atomic E-state index is 8.44. The van der Waals surface area contributed by atoms with Crippen LogP contribution in [0.2, 0.25) is 17.3 Å². The molecule has 0 N–H and O–H groups in total. The molecule has 0 aliphatic heterocycles. The maximum Gasteiger partial charge on any atom is 0.120 e. The molecular weight excluding hydrogens is 971 g/mol. The van der Waals surface area contributed by atoms with Crippen LogP contribution in [0, 0.1) is 12.1 Å². The number of furan rings is 1. The minimum atomic E-state index is -2.03. The summed E-state index contributed by atoms with van der Waals surface area (Å²) in [5, 5.41) is 2.15. The van der Waals surface area contributed by atoms with Crippen molar-refractivity contribution >= 4 is 50.6 Å². The van der Waals surface area contributed by atoms with Gasteiger partial charge < -0.3 is 8.98 Å². The summed E-state index contributed by atoms with van der Waals surface area (Å²) in [5.41, 5.74) is 13.1. The zero-order valence-electron chi connectivity index (χ0n) is 35.3. The molecule has 0 unspecified atom stereocenters. The van der Waals surface area contributed by atoms with Gasteiger partial charge in [0, 0.05) is 36.7 Å². The predicted molar refractivity (Wildman–Crippen MR) is 249 cm³/mol. The molecule has 0 atom stereocenters. The molecule has 4 nitrogen and oxygen atoms in total. The molecule has 0 fully saturated rings. The number of nitrogens with zero attached hydrogens (tertiary/aromatic N) is 3. The monoisotopic (exact) mass is 1020 g/mol. The zero-order valence-corrected chi connectivity index (χ0v) is 38.8. The molecule has 10 rings (SSSR count). The van der Waals surface area contributed by atoms with Gasteiger partial charge in [0.1, 0.15) is 5.58 Å². The Morgan fingerprint density at radius 3 is 2.10 bits per heavy atom. The average Bonchev–Trinajstić information content (AvgIpc) is 3.86. The third kappa shape index (κ3) is 8.06. The Morgan fingerprint density at radius 1 is 0.667 bits per heavy atom. The number of imidazole rings is 1. The molecule has 0 amide bonds. The average molecular weight is 1020 g/mol. The van der Waals surface area contributed by atoms with E-state index in [9.17, 15) is 0 Å². The van der Waals surface area contributed by atoms with Gasteiger partial charge in [0.25, 0.3) is 0 Å². The van der Waals surface area contributed by atoms with E-state index in [2.05, 4.69) is 154 Å². The fourth-order valence-electron chi connectivity index (χ4n) is 7.85. The van der Waals surface area contributed by atoms with E-state index in [1.165, 1.54) is 15.5 Å². The van der Waals surface area contributed by atoms with E-state index >= 15 is 0 Å². The van der Waals surface area contributed by atoms with Gasteiger partial charge in [0.15, 0.2) is 0 Å². The number of benzene rings is 7. The number of fused-ring (bicyclic) bond motifs is 4. The Kier molecular flexibility index (Phi) is 11.5. The first-order valence-corrected chi connectivity index (χ1v) is 27.4. The van der Waals surface area contributed by atoms with Crippen LogP contribution < -0.4 is 4.40 Å². The van der Waals surface area contributed by atoms with Crippen molar-refractivity contribution < 1.29 is 25.9 Å². The molecule has 6 heteroatoms. The number of rotatable bonds is 7. The summed E-state index contributed by atoms with van der Waals surface area (Å²) in [6, 6.07) is 64.9. The molecule has 0 spiro atoms. The van der Waals surface area contributed by atoms with Gasteiger partial charge in [-0.05, 0) is 47.0 Å². The Hall–Kier alpha value is -5.85. The molecule has 0 saturated carbocycles. The van der Waals surface area contributed by atoms with Gasteiger partial charge in [-0.1, -0.05) is 108 Å². The van der Waals surface area contributed by atoms with Crippen LogP contribution >= 0.6 is 0 Å². The molecule has 60 heavy (non-hydrogen) atoms. The summed E-state index contributed by atoms with van der Waals surface area (Å²) < 4.78 is 18.5. The fourth-order valence-corrected chi connectivity index (χ4v) is 11.2. The van der Waals surface area contributed by atoms with E-state index < -0.39 is 19.2 Å². The summed E-state index contributed by atoms with van der Waals surface area (Å²) in [7, 11) is 0. The van der Waals surface area contributed by atoms with Gasteiger partial charge in [-0.25, -0.2) is 0 Å². The van der Waals surface area contributed by atoms with E-state index in [-0.39, 0.29) is 20.1 Å². The molecule has 297 valence electrons. The molecular formula is C54H45GeIrN3O-2. The molecule has 1 radical (unpaired) electrons. The zero-order chi connectivity index (χ0) is 41.4. The number of hydrogen-bond donors (Lipinski definition) is 0. The predicted octanol–water partition coefficient (Wildman–Crippen LogP) is 13.9. The van der Waals surface area contributed by atoms with Crippen LogP contribution in [0.1, 0.15) is 26.7 Å². The second kappa shape index (κ2) is 17.4. The molecule has 3 heterocycles. The molecule has 7 aromatic carbocycles. The first-order valence-electron chi connectivity index (χ1n) is 20.6. The Bertz CT molecular complexity index is 3110. The van der Waals surface area contributed by atoms with Gasteiger partial charge in [-0.3, -0.25) is 4.98 Å². The van der Waals surface area contributed by atoms with Gasteiger partial charge in [-0.2, -0.15) is 0 Å². The summed E-state index contributed by atoms with van der Waals surface area (Å²) in [6.45, 7) is 3.91. The van der Waals surface area contributed by atoms with Crippen molar-refractivity contribution in [2.24, 2.45) is 0 Å². The molecule has 0 aliphatic carbocycles. The van der Waals surface area contributed by atoms with Crippen molar-refractivity contribution in [1.82, 2.24) is 14.5 Å².